The lowest BCUT2D eigenvalue weighted by molar-refractivity contribution is 1.11. The minimum absolute atomic E-state index is 0.777. The quantitative estimate of drug-likeness (QED) is 0.881. The fourth-order valence-corrected chi connectivity index (χ4v) is 1.57. The van der Waals surface area contributed by atoms with Gasteiger partial charge in [0.25, 0.3) is 0 Å². The molecule has 0 radical (unpaired) electrons. The van der Waals surface area contributed by atoms with Gasteiger partial charge in [0.05, 0.1) is 4.47 Å². The van der Waals surface area contributed by atoms with Crippen LogP contribution in [-0.2, 0) is 6.54 Å². The molecule has 0 saturated carbocycles. The Morgan fingerprint density at radius 3 is 3.07 bits per heavy atom. The lowest BCUT2D eigenvalue weighted by Crippen LogP contribution is -2.00. The largest absolute Gasteiger partial charge is 0.367 e. The second-order valence-electron chi connectivity index (χ2n) is 2.91. The summed E-state index contributed by atoms with van der Waals surface area (Å²) in [4.78, 5) is 7.22. The Balaban J connectivity index is 2.02. The number of nitrogens with zero attached hydrogens (tertiary/aromatic N) is 1. The van der Waals surface area contributed by atoms with Crippen LogP contribution in [0.25, 0.3) is 0 Å². The van der Waals surface area contributed by atoms with Crippen LogP contribution in [0.5, 0.6) is 0 Å². The Kier molecular flexibility index (Phi) is 2.84. The monoisotopic (exact) mass is 251 g/mol. The van der Waals surface area contributed by atoms with Gasteiger partial charge in [-0.2, -0.15) is 0 Å². The van der Waals surface area contributed by atoms with Crippen molar-refractivity contribution in [2.24, 2.45) is 0 Å². The molecule has 0 aromatic carbocycles. The summed E-state index contributed by atoms with van der Waals surface area (Å²) in [6, 6.07) is 5.89. The van der Waals surface area contributed by atoms with E-state index in [1.165, 1.54) is 5.56 Å². The van der Waals surface area contributed by atoms with Crippen molar-refractivity contribution in [2.75, 3.05) is 5.32 Å². The first kappa shape index (κ1) is 9.27. The van der Waals surface area contributed by atoms with Gasteiger partial charge in [0.2, 0.25) is 0 Å². The highest BCUT2D eigenvalue weighted by Gasteiger charge is 1.98. The smallest absolute Gasteiger partial charge is 0.140 e. The zero-order valence-corrected chi connectivity index (χ0v) is 9.08. The third-order valence-electron chi connectivity index (χ3n) is 1.88. The molecular formula is C10H10BrN3. The van der Waals surface area contributed by atoms with E-state index in [0.29, 0.717) is 0 Å². The summed E-state index contributed by atoms with van der Waals surface area (Å²) in [5, 5.41) is 3.24. The molecule has 14 heavy (non-hydrogen) atoms. The van der Waals surface area contributed by atoms with Crippen LogP contribution >= 0.6 is 15.9 Å². The summed E-state index contributed by atoms with van der Waals surface area (Å²) < 4.78 is 0.982. The average Bonchev–Trinajstić information content (AvgIpc) is 2.69. The van der Waals surface area contributed by atoms with Gasteiger partial charge in [0.15, 0.2) is 0 Å². The molecule has 0 saturated heterocycles. The molecule has 0 spiro atoms. The highest BCUT2D eigenvalue weighted by Crippen LogP contribution is 2.18. The maximum absolute atomic E-state index is 4.21. The van der Waals surface area contributed by atoms with Gasteiger partial charge in [0.1, 0.15) is 5.82 Å². The second-order valence-corrected chi connectivity index (χ2v) is 3.76. The van der Waals surface area contributed by atoms with Crippen LogP contribution in [0.3, 0.4) is 0 Å². The molecular weight excluding hydrogens is 242 g/mol. The number of pyridine rings is 1. The van der Waals surface area contributed by atoms with Crippen molar-refractivity contribution >= 4 is 21.7 Å². The van der Waals surface area contributed by atoms with Gasteiger partial charge in [-0.05, 0) is 39.7 Å². The Labute approximate surface area is 90.7 Å². The lowest BCUT2D eigenvalue weighted by atomic mass is 10.3. The van der Waals surface area contributed by atoms with E-state index >= 15 is 0 Å². The molecule has 2 N–H and O–H groups in total. The van der Waals surface area contributed by atoms with Crippen LogP contribution in [0.15, 0.2) is 41.3 Å². The summed E-state index contributed by atoms with van der Waals surface area (Å²) in [6.45, 7) is 0.777. The van der Waals surface area contributed by atoms with Gasteiger partial charge in [-0.15, -0.1) is 0 Å². The maximum atomic E-state index is 4.21. The molecule has 0 unspecified atom stereocenters. The van der Waals surface area contributed by atoms with E-state index in [2.05, 4.69) is 31.2 Å². The third kappa shape index (κ3) is 2.14. The molecule has 0 aliphatic heterocycles. The Morgan fingerprint density at radius 2 is 2.36 bits per heavy atom. The van der Waals surface area contributed by atoms with Crippen molar-refractivity contribution in [3.63, 3.8) is 0 Å². The summed E-state index contributed by atoms with van der Waals surface area (Å²) in [6.07, 6.45) is 5.64. The first-order chi connectivity index (χ1) is 6.86. The zero-order valence-electron chi connectivity index (χ0n) is 7.50. The number of hydrogen-bond acceptors (Lipinski definition) is 2. The molecule has 2 aromatic heterocycles. The fraction of sp³-hybridized carbons (Fsp3) is 0.100. The van der Waals surface area contributed by atoms with E-state index in [1.807, 2.05) is 30.6 Å². The van der Waals surface area contributed by atoms with Crippen LogP contribution in [0.1, 0.15) is 5.56 Å². The number of anilines is 1. The predicted octanol–water partition coefficient (Wildman–Crippen LogP) is 2.78. The summed E-state index contributed by atoms with van der Waals surface area (Å²) >= 11 is 3.43. The molecule has 0 amide bonds. The minimum Gasteiger partial charge on any atom is -0.367 e. The number of hydrogen-bond donors (Lipinski definition) is 2. The standard InChI is InChI=1S/C10H10BrN3/c11-9-2-1-4-13-10(9)14-7-8-3-5-12-6-8/h1-6,12H,7H2,(H,13,14). The molecule has 2 rings (SSSR count). The van der Waals surface area contributed by atoms with Crippen molar-refractivity contribution in [1.29, 1.82) is 0 Å². The van der Waals surface area contributed by atoms with E-state index in [0.717, 1.165) is 16.8 Å². The number of aromatic nitrogens is 2. The first-order valence-corrected chi connectivity index (χ1v) is 5.11. The van der Waals surface area contributed by atoms with Crippen LogP contribution in [0.2, 0.25) is 0 Å². The molecule has 4 heteroatoms. The second kappa shape index (κ2) is 4.28. The van der Waals surface area contributed by atoms with Crippen molar-refractivity contribution < 1.29 is 0 Å². The van der Waals surface area contributed by atoms with Gasteiger partial charge >= 0.3 is 0 Å². The highest BCUT2D eigenvalue weighted by molar-refractivity contribution is 9.10. The van der Waals surface area contributed by atoms with E-state index < -0.39 is 0 Å². The van der Waals surface area contributed by atoms with E-state index in [9.17, 15) is 0 Å². The van der Waals surface area contributed by atoms with E-state index in [4.69, 9.17) is 0 Å². The number of halogens is 1. The highest BCUT2D eigenvalue weighted by atomic mass is 79.9. The summed E-state index contributed by atoms with van der Waals surface area (Å²) in [5.41, 5.74) is 1.21. The molecule has 0 bridgehead atoms. The van der Waals surface area contributed by atoms with Crippen LogP contribution < -0.4 is 5.32 Å². The van der Waals surface area contributed by atoms with Crippen LogP contribution in [0, 0.1) is 0 Å². The molecule has 0 aliphatic rings. The predicted molar refractivity (Wildman–Crippen MR) is 60.1 cm³/mol. The molecule has 0 aliphatic carbocycles. The topological polar surface area (TPSA) is 40.7 Å². The van der Waals surface area contributed by atoms with Gasteiger partial charge in [-0.3, -0.25) is 0 Å². The van der Waals surface area contributed by atoms with Crippen LogP contribution in [0.4, 0.5) is 5.82 Å². The minimum atomic E-state index is 0.777. The number of H-pyrrole nitrogens is 1. The Hall–Kier alpha value is -1.29. The number of nitrogens with one attached hydrogen (secondary N) is 2. The van der Waals surface area contributed by atoms with Gasteiger partial charge in [-0.25, -0.2) is 4.98 Å². The first-order valence-electron chi connectivity index (χ1n) is 4.32. The van der Waals surface area contributed by atoms with Gasteiger partial charge in [-0.1, -0.05) is 0 Å². The average molecular weight is 252 g/mol. The van der Waals surface area contributed by atoms with Gasteiger partial charge in [0, 0.05) is 25.1 Å². The zero-order chi connectivity index (χ0) is 9.80. The Morgan fingerprint density at radius 1 is 1.43 bits per heavy atom. The molecule has 2 aromatic rings. The SMILES string of the molecule is Brc1cccnc1NCc1cc[nH]c1. The molecule has 0 fully saturated rings. The van der Waals surface area contributed by atoms with Crippen molar-refractivity contribution in [1.82, 2.24) is 9.97 Å². The summed E-state index contributed by atoms with van der Waals surface area (Å²) in [7, 11) is 0. The maximum Gasteiger partial charge on any atom is 0.140 e. The Bertz CT molecular complexity index is 398. The van der Waals surface area contributed by atoms with Crippen LogP contribution in [-0.4, -0.2) is 9.97 Å². The molecule has 2 heterocycles. The van der Waals surface area contributed by atoms with E-state index in [1.54, 1.807) is 6.20 Å². The lowest BCUT2D eigenvalue weighted by Gasteiger charge is -2.05. The van der Waals surface area contributed by atoms with Crippen molar-refractivity contribution in [3.05, 3.63) is 46.8 Å². The number of aromatic amines is 1. The molecule has 72 valence electrons. The van der Waals surface area contributed by atoms with Gasteiger partial charge < -0.3 is 10.3 Å². The molecule has 3 nitrogen and oxygen atoms in total. The van der Waals surface area contributed by atoms with Crippen molar-refractivity contribution in [3.8, 4) is 0 Å². The fourth-order valence-electron chi connectivity index (χ4n) is 1.17. The number of rotatable bonds is 3. The molecule has 0 atom stereocenters. The third-order valence-corrected chi connectivity index (χ3v) is 2.52. The van der Waals surface area contributed by atoms with E-state index in [-0.39, 0.29) is 0 Å². The normalized spacial score (nSPS) is 10.1. The summed E-state index contributed by atoms with van der Waals surface area (Å²) in [5.74, 6) is 0.869. The van der Waals surface area contributed by atoms with Crippen molar-refractivity contribution in [2.45, 2.75) is 6.54 Å².